The van der Waals surface area contributed by atoms with Crippen molar-refractivity contribution in [3.8, 4) is 0 Å². The van der Waals surface area contributed by atoms with E-state index in [1.807, 2.05) is 21.0 Å². The summed E-state index contributed by atoms with van der Waals surface area (Å²) in [6.07, 6.45) is 3.12. The highest BCUT2D eigenvalue weighted by Crippen LogP contribution is 2.04. The topological polar surface area (TPSA) is 83.1 Å². The maximum Gasteiger partial charge on any atom is 0.272 e. The molecule has 1 unspecified atom stereocenters. The highest BCUT2D eigenvalue weighted by atomic mass is 16.2. The molecule has 0 heterocycles. The molecule has 0 aliphatic carbocycles. The summed E-state index contributed by atoms with van der Waals surface area (Å²) in [5.41, 5.74) is 6.05. The van der Waals surface area contributed by atoms with E-state index >= 15 is 0 Å². The molecule has 0 aliphatic heterocycles. The van der Waals surface area contributed by atoms with E-state index in [0.717, 1.165) is 19.4 Å². The maximum atomic E-state index is 12.0. The van der Waals surface area contributed by atoms with Gasteiger partial charge in [0.15, 0.2) is 5.70 Å². The SMILES string of the molecule is C=N/C(C(=O)NC(CC)CCN(C)C)=C(/N)C=NC. The summed E-state index contributed by atoms with van der Waals surface area (Å²) in [5.74, 6) is -0.307. The Morgan fingerprint density at radius 1 is 1.53 bits per heavy atom. The number of nitrogens with one attached hydrogen (secondary N) is 1. The lowest BCUT2D eigenvalue weighted by Gasteiger charge is -2.19. The highest BCUT2D eigenvalue weighted by molar-refractivity contribution is 5.99. The Balaban J connectivity index is 4.71. The smallest absolute Gasteiger partial charge is 0.272 e. The number of rotatable bonds is 8. The van der Waals surface area contributed by atoms with Crippen molar-refractivity contribution in [2.24, 2.45) is 15.7 Å². The van der Waals surface area contributed by atoms with Crippen LogP contribution in [0.3, 0.4) is 0 Å². The van der Waals surface area contributed by atoms with Gasteiger partial charge < -0.3 is 16.0 Å². The molecule has 0 aromatic heterocycles. The first-order valence-electron chi connectivity index (χ1n) is 6.30. The van der Waals surface area contributed by atoms with Crippen molar-refractivity contribution in [1.29, 1.82) is 0 Å². The van der Waals surface area contributed by atoms with Crippen molar-refractivity contribution in [2.75, 3.05) is 27.7 Å². The van der Waals surface area contributed by atoms with Crippen molar-refractivity contribution in [1.82, 2.24) is 10.2 Å². The van der Waals surface area contributed by atoms with Crippen molar-refractivity contribution in [2.45, 2.75) is 25.8 Å². The van der Waals surface area contributed by atoms with Crippen LogP contribution in [0.2, 0.25) is 0 Å². The summed E-state index contributed by atoms with van der Waals surface area (Å²) < 4.78 is 0. The molecular formula is C13H25N5O. The number of amides is 1. The van der Waals surface area contributed by atoms with Gasteiger partial charge in [-0.2, -0.15) is 0 Å². The van der Waals surface area contributed by atoms with Crippen molar-refractivity contribution in [3.63, 3.8) is 0 Å². The van der Waals surface area contributed by atoms with Crippen molar-refractivity contribution in [3.05, 3.63) is 11.4 Å². The zero-order chi connectivity index (χ0) is 14.8. The Hall–Kier alpha value is -1.69. The van der Waals surface area contributed by atoms with Gasteiger partial charge >= 0.3 is 0 Å². The van der Waals surface area contributed by atoms with Gasteiger partial charge in [0.1, 0.15) is 0 Å². The van der Waals surface area contributed by atoms with E-state index in [9.17, 15) is 4.79 Å². The lowest BCUT2D eigenvalue weighted by molar-refractivity contribution is -0.118. The Morgan fingerprint density at radius 3 is 2.58 bits per heavy atom. The molecule has 19 heavy (non-hydrogen) atoms. The van der Waals surface area contributed by atoms with Crippen LogP contribution >= 0.6 is 0 Å². The Morgan fingerprint density at radius 2 is 2.16 bits per heavy atom. The average Bonchev–Trinajstić information content (AvgIpc) is 2.35. The number of hydrogen-bond donors (Lipinski definition) is 2. The monoisotopic (exact) mass is 267 g/mol. The van der Waals surface area contributed by atoms with Gasteiger partial charge in [0.2, 0.25) is 0 Å². The lowest BCUT2D eigenvalue weighted by Crippen LogP contribution is -2.37. The maximum absolute atomic E-state index is 12.0. The molecule has 0 aliphatic rings. The summed E-state index contributed by atoms with van der Waals surface area (Å²) in [6.45, 7) is 6.31. The van der Waals surface area contributed by atoms with Gasteiger partial charge in [0.25, 0.3) is 5.91 Å². The number of aliphatic imine (C=N–C) groups is 2. The van der Waals surface area contributed by atoms with E-state index in [4.69, 9.17) is 5.73 Å². The molecule has 1 amide bonds. The molecular weight excluding hydrogens is 242 g/mol. The van der Waals surface area contributed by atoms with Gasteiger partial charge in [-0.25, -0.2) is 0 Å². The minimum Gasteiger partial charge on any atom is -0.396 e. The van der Waals surface area contributed by atoms with Crippen LogP contribution in [0.15, 0.2) is 21.4 Å². The summed E-state index contributed by atoms with van der Waals surface area (Å²) in [5, 5.41) is 2.91. The first-order chi connectivity index (χ1) is 8.96. The van der Waals surface area contributed by atoms with Crippen molar-refractivity contribution >= 4 is 18.8 Å². The van der Waals surface area contributed by atoms with Gasteiger partial charge in [-0.15, -0.1) is 0 Å². The van der Waals surface area contributed by atoms with Crippen LogP contribution in [0.1, 0.15) is 19.8 Å². The predicted octanol–water partition coefficient (Wildman–Crippen LogP) is 0.404. The molecule has 1 atom stereocenters. The van der Waals surface area contributed by atoms with Crippen molar-refractivity contribution < 1.29 is 4.79 Å². The van der Waals surface area contributed by atoms with E-state index in [-0.39, 0.29) is 23.3 Å². The summed E-state index contributed by atoms with van der Waals surface area (Å²) in [7, 11) is 5.58. The van der Waals surface area contributed by atoms with Gasteiger partial charge in [0.05, 0.1) is 5.70 Å². The molecule has 6 nitrogen and oxygen atoms in total. The Labute approximate surface area is 115 Å². The van der Waals surface area contributed by atoms with E-state index in [1.54, 1.807) is 7.05 Å². The molecule has 0 rings (SSSR count). The van der Waals surface area contributed by atoms with Crippen LogP contribution in [0.4, 0.5) is 0 Å². The lowest BCUT2D eigenvalue weighted by atomic mass is 10.1. The summed E-state index contributed by atoms with van der Waals surface area (Å²) in [4.78, 5) is 21.6. The molecule has 108 valence electrons. The number of hydrogen-bond acceptors (Lipinski definition) is 5. The van der Waals surface area contributed by atoms with Crippen LogP contribution in [-0.2, 0) is 4.79 Å². The number of nitrogens with two attached hydrogens (primary N) is 1. The summed E-state index contributed by atoms with van der Waals surface area (Å²) >= 11 is 0. The molecule has 0 spiro atoms. The third-order valence-corrected chi connectivity index (χ3v) is 2.67. The number of nitrogens with zero attached hydrogens (tertiary/aromatic N) is 3. The Bertz CT molecular complexity index is 360. The zero-order valence-electron chi connectivity index (χ0n) is 12.3. The van der Waals surface area contributed by atoms with Crippen LogP contribution < -0.4 is 11.1 Å². The fourth-order valence-electron chi connectivity index (χ4n) is 1.54. The minimum atomic E-state index is -0.307. The van der Waals surface area contributed by atoms with Gasteiger partial charge in [0, 0.05) is 19.3 Å². The molecule has 3 N–H and O–H groups in total. The third-order valence-electron chi connectivity index (χ3n) is 2.67. The van der Waals surface area contributed by atoms with Gasteiger partial charge in [-0.1, -0.05) is 6.92 Å². The molecule has 0 saturated heterocycles. The van der Waals surface area contributed by atoms with Crippen LogP contribution in [0.5, 0.6) is 0 Å². The fraction of sp³-hybridized carbons (Fsp3) is 0.615. The second-order valence-electron chi connectivity index (χ2n) is 4.52. The molecule has 0 aromatic carbocycles. The second kappa shape index (κ2) is 9.27. The molecule has 0 saturated carbocycles. The average molecular weight is 267 g/mol. The number of allylic oxidation sites excluding steroid dienone is 1. The van der Waals surface area contributed by atoms with E-state index < -0.39 is 0 Å². The first kappa shape index (κ1) is 17.3. The zero-order valence-corrected chi connectivity index (χ0v) is 12.3. The quantitative estimate of drug-likeness (QED) is 0.493. The largest absolute Gasteiger partial charge is 0.396 e. The normalized spacial score (nSPS) is 14.4. The second-order valence-corrected chi connectivity index (χ2v) is 4.52. The molecule has 0 aromatic rings. The van der Waals surface area contributed by atoms with Gasteiger partial charge in [-0.05, 0) is 40.2 Å². The molecule has 0 bridgehead atoms. The van der Waals surface area contributed by atoms with E-state index in [0.29, 0.717) is 0 Å². The predicted molar refractivity (Wildman–Crippen MR) is 80.6 cm³/mol. The number of carbonyl (C=O) groups is 1. The molecule has 6 heteroatoms. The third kappa shape index (κ3) is 6.71. The minimum absolute atomic E-state index is 0.0954. The van der Waals surface area contributed by atoms with Gasteiger partial charge in [-0.3, -0.25) is 14.8 Å². The first-order valence-corrected chi connectivity index (χ1v) is 6.30. The summed E-state index contributed by atoms with van der Waals surface area (Å²) in [6, 6.07) is 0.0954. The van der Waals surface area contributed by atoms with E-state index in [2.05, 4.69) is 26.9 Å². The van der Waals surface area contributed by atoms with Crippen LogP contribution in [0, 0.1) is 0 Å². The molecule has 0 radical (unpaired) electrons. The number of carbonyl (C=O) groups excluding carboxylic acids is 1. The van der Waals surface area contributed by atoms with Crippen LogP contribution in [-0.4, -0.2) is 57.5 Å². The van der Waals surface area contributed by atoms with Crippen LogP contribution in [0.25, 0.3) is 0 Å². The standard InChI is InChI=1S/C13H25N5O/c1-6-10(7-8-18(4)5)17-13(19)12(16-3)11(14)9-15-2/h9-10H,3,6-8,14H2,1-2,4-5H3,(H,17,19)/b12-11+,15-9?. The Kier molecular flexibility index (Phi) is 8.44. The highest BCUT2D eigenvalue weighted by Gasteiger charge is 2.15. The molecule has 0 fully saturated rings. The fourth-order valence-corrected chi connectivity index (χ4v) is 1.54. The van der Waals surface area contributed by atoms with E-state index in [1.165, 1.54) is 6.21 Å².